The lowest BCUT2D eigenvalue weighted by Crippen LogP contribution is -2.42. The third-order valence-electron chi connectivity index (χ3n) is 3.22. The summed E-state index contributed by atoms with van der Waals surface area (Å²) in [6, 6.07) is 0.489. The summed E-state index contributed by atoms with van der Waals surface area (Å²) in [5, 5.41) is 8.90. The van der Waals surface area contributed by atoms with Crippen LogP contribution in [0.15, 0.2) is 0 Å². The molecule has 0 saturated heterocycles. The van der Waals surface area contributed by atoms with Gasteiger partial charge in [0.05, 0.1) is 6.54 Å². The molecule has 2 atom stereocenters. The van der Waals surface area contributed by atoms with E-state index in [4.69, 9.17) is 5.11 Å². The first-order valence-corrected chi connectivity index (χ1v) is 5.96. The molecule has 0 heterocycles. The zero-order valence-corrected chi connectivity index (χ0v) is 10.1. The minimum Gasteiger partial charge on any atom is -0.480 e. The first-order valence-electron chi connectivity index (χ1n) is 5.96. The third-order valence-corrected chi connectivity index (χ3v) is 3.22. The van der Waals surface area contributed by atoms with Crippen molar-refractivity contribution in [1.29, 1.82) is 0 Å². The highest BCUT2D eigenvalue weighted by Crippen LogP contribution is 2.29. The summed E-state index contributed by atoms with van der Waals surface area (Å²) >= 11 is 0. The van der Waals surface area contributed by atoms with Crippen LogP contribution in [0.2, 0.25) is 0 Å². The van der Waals surface area contributed by atoms with E-state index in [9.17, 15) is 4.79 Å². The number of aliphatic carboxylic acids is 1. The topological polar surface area (TPSA) is 40.5 Å². The number of hydrogen-bond donors (Lipinski definition) is 1. The molecule has 2 unspecified atom stereocenters. The monoisotopic (exact) mass is 213 g/mol. The van der Waals surface area contributed by atoms with Crippen LogP contribution in [0, 0.1) is 11.8 Å². The van der Waals surface area contributed by atoms with Crippen LogP contribution in [0.1, 0.15) is 40.0 Å². The van der Waals surface area contributed by atoms with Crippen molar-refractivity contribution in [2.75, 3.05) is 13.1 Å². The molecular weight excluding hydrogens is 190 g/mol. The predicted molar refractivity (Wildman–Crippen MR) is 60.8 cm³/mol. The predicted octanol–water partition coefficient (Wildman–Crippen LogP) is 2.22. The van der Waals surface area contributed by atoms with Gasteiger partial charge in [-0.3, -0.25) is 9.69 Å². The Labute approximate surface area is 92.5 Å². The molecule has 3 nitrogen and oxygen atoms in total. The number of rotatable bonds is 5. The molecule has 88 valence electrons. The van der Waals surface area contributed by atoms with E-state index in [0.717, 1.165) is 6.54 Å². The van der Waals surface area contributed by atoms with Gasteiger partial charge in [0.15, 0.2) is 0 Å². The molecule has 1 saturated carbocycles. The quantitative estimate of drug-likeness (QED) is 0.761. The lowest BCUT2D eigenvalue weighted by Gasteiger charge is -2.31. The number of carbonyl (C=O) groups is 1. The second-order valence-corrected chi connectivity index (χ2v) is 5.19. The van der Waals surface area contributed by atoms with E-state index in [1.165, 1.54) is 19.3 Å². The highest BCUT2D eigenvalue weighted by Gasteiger charge is 2.30. The van der Waals surface area contributed by atoms with E-state index in [1.54, 1.807) is 0 Å². The van der Waals surface area contributed by atoms with Gasteiger partial charge in [-0.1, -0.05) is 27.2 Å². The van der Waals surface area contributed by atoms with Gasteiger partial charge in [-0.05, 0) is 24.7 Å². The van der Waals surface area contributed by atoms with Crippen LogP contribution < -0.4 is 0 Å². The largest absolute Gasteiger partial charge is 0.480 e. The molecule has 0 radical (unpaired) electrons. The van der Waals surface area contributed by atoms with E-state index < -0.39 is 5.97 Å². The minimum absolute atomic E-state index is 0.202. The first-order chi connectivity index (χ1) is 7.00. The summed E-state index contributed by atoms with van der Waals surface area (Å²) in [7, 11) is 0. The Hall–Kier alpha value is -0.570. The first kappa shape index (κ1) is 12.5. The summed E-state index contributed by atoms with van der Waals surface area (Å²) in [5.74, 6) is 0.495. The molecule has 0 spiro atoms. The maximum Gasteiger partial charge on any atom is 0.317 e. The summed E-state index contributed by atoms with van der Waals surface area (Å²) < 4.78 is 0. The van der Waals surface area contributed by atoms with Crippen molar-refractivity contribution in [1.82, 2.24) is 4.90 Å². The number of carboxylic acids is 1. The molecule has 0 aromatic heterocycles. The Bertz CT molecular complexity index is 216. The van der Waals surface area contributed by atoms with Gasteiger partial charge < -0.3 is 5.11 Å². The smallest absolute Gasteiger partial charge is 0.317 e. The lowest BCUT2D eigenvalue weighted by molar-refractivity contribution is -0.139. The zero-order chi connectivity index (χ0) is 11.4. The van der Waals surface area contributed by atoms with Gasteiger partial charge in [0.2, 0.25) is 0 Å². The van der Waals surface area contributed by atoms with Gasteiger partial charge in [-0.2, -0.15) is 0 Å². The van der Waals surface area contributed by atoms with Crippen LogP contribution in [0.5, 0.6) is 0 Å². The summed E-state index contributed by atoms with van der Waals surface area (Å²) in [4.78, 5) is 13.0. The fourth-order valence-electron chi connectivity index (χ4n) is 2.63. The summed E-state index contributed by atoms with van der Waals surface area (Å²) in [6.45, 7) is 7.64. The Balaban J connectivity index is 2.57. The van der Waals surface area contributed by atoms with E-state index in [-0.39, 0.29) is 6.54 Å². The zero-order valence-electron chi connectivity index (χ0n) is 10.1. The van der Waals surface area contributed by atoms with Gasteiger partial charge in [-0.15, -0.1) is 0 Å². The Kier molecular flexibility index (Phi) is 4.58. The van der Waals surface area contributed by atoms with Crippen molar-refractivity contribution >= 4 is 5.97 Å². The van der Waals surface area contributed by atoms with Crippen molar-refractivity contribution in [3.63, 3.8) is 0 Å². The fraction of sp³-hybridized carbons (Fsp3) is 0.917. The SMILES string of the molecule is CC(C)CN(CC(=O)O)C1CCCC1C. The normalized spacial score (nSPS) is 26.5. The van der Waals surface area contributed by atoms with Gasteiger partial charge in [-0.25, -0.2) is 0 Å². The molecule has 1 rings (SSSR count). The molecule has 0 amide bonds. The van der Waals surface area contributed by atoms with Crippen LogP contribution in [-0.2, 0) is 4.79 Å². The maximum absolute atomic E-state index is 10.8. The molecule has 3 heteroatoms. The average Bonchev–Trinajstić information content (AvgIpc) is 2.48. The van der Waals surface area contributed by atoms with Crippen LogP contribution in [0.3, 0.4) is 0 Å². The van der Waals surface area contributed by atoms with Crippen molar-refractivity contribution in [2.24, 2.45) is 11.8 Å². The Morgan fingerprint density at radius 3 is 2.53 bits per heavy atom. The van der Waals surface area contributed by atoms with Crippen LogP contribution in [-0.4, -0.2) is 35.1 Å². The molecule has 1 fully saturated rings. The van der Waals surface area contributed by atoms with E-state index in [0.29, 0.717) is 17.9 Å². The Morgan fingerprint density at radius 2 is 2.13 bits per heavy atom. The van der Waals surface area contributed by atoms with E-state index in [1.807, 2.05) is 0 Å². The second-order valence-electron chi connectivity index (χ2n) is 5.19. The van der Waals surface area contributed by atoms with Gasteiger partial charge in [0, 0.05) is 12.6 Å². The molecule has 1 aliphatic carbocycles. The van der Waals surface area contributed by atoms with Crippen LogP contribution in [0.4, 0.5) is 0 Å². The molecule has 0 aromatic rings. The molecule has 0 bridgehead atoms. The number of carboxylic acid groups (broad SMARTS) is 1. The minimum atomic E-state index is -0.699. The lowest BCUT2D eigenvalue weighted by atomic mass is 10.0. The van der Waals surface area contributed by atoms with Crippen LogP contribution >= 0.6 is 0 Å². The summed E-state index contributed by atoms with van der Waals surface area (Å²) in [6.07, 6.45) is 3.67. The molecule has 0 aromatic carbocycles. The third kappa shape index (κ3) is 3.82. The molecular formula is C12H23NO2. The highest BCUT2D eigenvalue weighted by molar-refractivity contribution is 5.69. The molecule has 1 N–H and O–H groups in total. The van der Waals surface area contributed by atoms with Crippen LogP contribution in [0.25, 0.3) is 0 Å². The fourth-order valence-corrected chi connectivity index (χ4v) is 2.63. The highest BCUT2D eigenvalue weighted by atomic mass is 16.4. The van der Waals surface area contributed by atoms with Crippen molar-refractivity contribution < 1.29 is 9.90 Å². The summed E-state index contributed by atoms with van der Waals surface area (Å²) in [5.41, 5.74) is 0. The molecule has 1 aliphatic rings. The van der Waals surface area contributed by atoms with Gasteiger partial charge >= 0.3 is 5.97 Å². The van der Waals surface area contributed by atoms with Gasteiger partial charge in [0.25, 0.3) is 0 Å². The van der Waals surface area contributed by atoms with E-state index in [2.05, 4.69) is 25.7 Å². The number of hydrogen-bond acceptors (Lipinski definition) is 2. The van der Waals surface area contributed by atoms with E-state index >= 15 is 0 Å². The van der Waals surface area contributed by atoms with Crippen molar-refractivity contribution in [3.8, 4) is 0 Å². The van der Waals surface area contributed by atoms with Gasteiger partial charge in [0.1, 0.15) is 0 Å². The molecule has 0 aliphatic heterocycles. The Morgan fingerprint density at radius 1 is 1.47 bits per heavy atom. The molecule has 15 heavy (non-hydrogen) atoms. The van der Waals surface area contributed by atoms with Crippen molar-refractivity contribution in [3.05, 3.63) is 0 Å². The number of nitrogens with zero attached hydrogens (tertiary/aromatic N) is 1. The van der Waals surface area contributed by atoms with Crippen molar-refractivity contribution in [2.45, 2.75) is 46.1 Å². The maximum atomic E-state index is 10.8. The average molecular weight is 213 g/mol. The standard InChI is InChI=1S/C12H23NO2/c1-9(2)7-13(8-12(14)15)11-6-4-5-10(11)3/h9-11H,4-8H2,1-3H3,(H,14,15). The second kappa shape index (κ2) is 5.50.